The number of nitrogens with zero attached hydrogens (tertiary/aromatic N) is 1. The number of ether oxygens (including phenoxy) is 1. The zero-order valence-electron chi connectivity index (χ0n) is 8.16. The van der Waals surface area contributed by atoms with Gasteiger partial charge in [-0.15, -0.1) is 11.8 Å². The molecule has 1 aliphatic rings. The molecule has 5 nitrogen and oxygen atoms in total. The van der Waals surface area contributed by atoms with Crippen molar-refractivity contribution in [1.29, 1.82) is 0 Å². The average molecular weight is 295 g/mol. The number of esters is 1. The molecule has 0 saturated heterocycles. The third-order valence-corrected chi connectivity index (χ3v) is 3.51. The maximum absolute atomic E-state index is 11.6. The Morgan fingerprint density at radius 3 is 2.93 bits per heavy atom. The molecule has 15 heavy (non-hydrogen) atoms. The average Bonchev–Trinajstić information content (AvgIpc) is 2.61. The van der Waals surface area contributed by atoms with E-state index in [4.69, 9.17) is 10.5 Å². The topological polar surface area (TPSA) is 81.8 Å². The summed E-state index contributed by atoms with van der Waals surface area (Å²) in [5.74, 6) is -0.584. The molecule has 84 valence electrons. The van der Waals surface area contributed by atoms with Crippen molar-refractivity contribution in [1.82, 2.24) is 0 Å². The summed E-state index contributed by atoms with van der Waals surface area (Å²) >= 11 is 4.16. The lowest BCUT2D eigenvalue weighted by atomic mass is 10.1. The SMILES string of the molecule is CCOC(=O)C1=NCSC1(N)C(=O)CBr. The first kappa shape index (κ1) is 12.7. The molecule has 1 aliphatic heterocycles. The molecular weight excluding hydrogens is 284 g/mol. The van der Waals surface area contributed by atoms with Crippen molar-refractivity contribution in [2.75, 3.05) is 17.8 Å². The molecule has 0 bridgehead atoms. The lowest BCUT2D eigenvalue weighted by Gasteiger charge is -2.20. The van der Waals surface area contributed by atoms with Gasteiger partial charge < -0.3 is 10.5 Å². The standard InChI is InChI=1S/C8H11BrN2O3S/c1-2-14-7(13)6-8(10,5(12)3-9)15-4-11-6/h2-4,10H2,1H3. The van der Waals surface area contributed by atoms with E-state index in [-0.39, 0.29) is 23.4 Å². The molecule has 0 amide bonds. The molecule has 0 spiro atoms. The van der Waals surface area contributed by atoms with Gasteiger partial charge in [-0.3, -0.25) is 9.79 Å². The fourth-order valence-electron chi connectivity index (χ4n) is 1.11. The molecule has 1 heterocycles. The van der Waals surface area contributed by atoms with Gasteiger partial charge in [0.15, 0.2) is 16.4 Å². The van der Waals surface area contributed by atoms with E-state index in [1.807, 2.05) is 0 Å². The summed E-state index contributed by atoms with van der Waals surface area (Å²) in [4.78, 5) is 25.6. The maximum Gasteiger partial charge on any atom is 0.355 e. The molecule has 0 aromatic carbocycles. The maximum atomic E-state index is 11.6. The molecule has 2 N–H and O–H groups in total. The molecule has 0 radical (unpaired) electrons. The lowest BCUT2D eigenvalue weighted by molar-refractivity contribution is -0.135. The number of ketones is 1. The number of rotatable bonds is 4. The van der Waals surface area contributed by atoms with Crippen LogP contribution in [0.1, 0.15) is 6.92 Å². The number of alkyl halides is 1. The molecule has 0 saturated carbocycles. The first-order valence-electron chi connectivity index (χ1n) is 4.30. The number of halogens is 1. The second-order valence-corrected chi connectivity index (χ2v) is 4.54. The summed E-state index contributed by atoms with van der Waals surface area (Å²) in [7, 11) is 0. The van der Waals surface area contributed by atoms with Crippen molar-refractivity contribution in [2.24, 2.45) is 10.7 Å². The lowest BCUT2D eigenvalue weighted by Crippen LogP contribution is -2.53. The van der Waals surface area contributed by atoms with E-state index in [0.29, 0.717) is 5.88 Å². The van der Waals surface area contributed by atoms with Crippen LogP contribution in [0, 0.1) is 0 Å². The van der Waals surface area contributed by atoms with Gasteiger partial charge in [-0.2, -0.15) is 0 Å². The Morgan fingerprint density at radius 2 is 2.40 bits per heavy atom. The molecule has 1 rings (SSSR count). The van der Waals surface area contributed by atoms with Crippen LogP contribution in [-0.2, 0) is 14.3 Å². The molecular formula is C8H11BrN2O3S. The Bertz CT molecular complexity index is 321. The molecule has 0 aliphatic carbocycles. The Morgan fingerprint density at radius 1 is 1.73 bits per heavy atom. The third-order valence-electron chi connectivity index (χ3n) is 1.87. The summed E-state index contributed by atoms with van der Waals surface area (Å²) in [6.45, 7) is 1.92. The highest BCUT2D eigenvalue weighted by atomic mass is 79.9. The number of Topliss-reactive ketones (excluding diaryl/α,β-unsaturated/α-hetero) is 1. The van der Waals surface area contributed by atoms with Gasteiger partial charge in [0, 0.05) is 0 Å². The van der Waals surface area contributed by atoms with Gasteiger partial charge in [0.2, 0.25) is 0 Å². The highest BCUT2D eigenvalue weighted by Crippen LogP contribution is 2.30. The number of hydrogen-bond donors (Lipinski definition) is 1. The van der Waals surface area contributed by atoms with E-state index in [0.717, 1.165) is 11.8 Å². The van der Waals surface area contributed by atoms with Gasteiger partial charge in [0.1, 0.15) is 0 Å². The minimum atomic E-state index is -1.35. The van der Waals surface area contributed by atoms with E-state index in [1.54, 1.807) is 6.92 Å². The Balaban J connectivity index is 2.88. The predicted molar refractivity (Wildman–Crippen MR) is 62.2 cm³/mol. The van der Waals surface area contributed by atoms with E-state index in [2.05, 4.69) is 20.9 Å². The van der Waals surface area contributed by atoms with Crippen molar-refractivity contribution in [3.05, 3.63) is 0 Å². The molecule has 1 unspecified atom stereocenters. The van der Waals surface area contributed by atoms with Crippen molar-refractivity contribution < 1.29 is 14.3 Å². The van der Waals surface area contributed by atoms with Crippen molar-refractivity contribution in [2.45, 2.75) is 11.8 Å². The van der Waals surface area contributed by atoms with Crippen molar-refractivity contribution in [3.63, 3.8) is 0 Å². The van der Waals surface area contributed by atoms with E-state index >= 15 is 0 Å². The minimum Gasteiger partial charge on any atom is -0.461 e. The van der Waals surface area contributed by atoms with Crippen LogP contribution >= 0.6 is 27.7 Å². The number of hydrogen-bond acceptors (Lipinski definition) is 6. The van der Waals surface area contributed by atoms with Crippen molar-refractivity contribution >= 4 is 45.2 Å². The Labute approximate surface area is 100.0 Å². The smallest absolute Gasteiger partial charge is 0.355 e. The van der Waals surface area contributed by atoms with Gasteiger partial charge >= 0.3 is 5.97 Å². The van der Waals surface area contributed by atoms with E-state index in [1.165, 1.54) is 0 Å². The normalized spacial score (nSPS) is 24.9. The van der Waals surface area contributed by atoms with Crippen LogP contribution in [0.3, 0.4) is 0 Å². The minimum absolute atomic E-state index is 0.0128. The Kier molecular flexibility index (Phi) is 4.30. The van der Waals surface area contributed by atoms with Crippen LogP contribution in [0.4, 0.5) is 0 Å². The second-order valence-electron chi connectivity index (χ2n) is 2.79. The summed E-state index contributed by atoms with van der Waals surface area (Å²) < 4.78 is 4.79. The highest BCUT2D eigenvalue weighted by molar-refractivity contribution is 9.09. The van der Waals surface area contributed by atoms with Gasteiger partial charge in [0.25, 0.3) is 0 Å². The second kappa shape index (κ2) is 5.09. The summed E-state index contributed by atoms with van der Waals surface area (Å²) in [6, 6.07) is 0. The summed E-state index contributed by atoms with van der Waals surface area (Å²) in [5.41, 5.74) is 5.85. The zero-order valence-corrected chi connectivity index (χ0v) is 10.6. The third kappa shape index (κ3) is 2.40. The largest absolute Gasteiger partial charge is 0.461 e. The van der Waals surface area contributed by atoms with Crippen LogP contribution in [0.2, 0.25) is 0 Å². The van der Waals surface area contributed by atoms with Gasteiger partial charge in [-0.05, 0) is 6.92 Å². The van der Waals surface area contributed by atoms with Crippen LogP contribution in [0.25, 0.3) is 0 Å². The highest BCUT2D eigenvalue weighted by Gasteiger charge is 2.46. The van der Waals surface area contributed by atoms with Gasteiger partial charge in [-0.25, -0.2) is 4.79 Å². The predicted octanol–water partition coefficient (Wildman–Crippen LogP) is 0.314. The zero-order chi connectivity index (χ0) is 11.5. The van der Waals surface area contributed by atoms with Crippen LogP contribution in [0.5, 0.6) is 0 Å². The van der Waals surface area contributed by atoms with Crippen LogP contribution in [0.15, 0.2) is 4.99 Å². The van der Waals surface area contributed by atoms with Crippen molar-refractivity contribution in [3.8, 4) is 0 Å². The first-order valence-corrected chi connectivity index (χ1v) is 6.41. The van der Waals surface area contributed by atoms with Crippen LogP contribution in [-0.4, -0.2) is 40.1 Å². The molecule has 7 heteroatoms. The molecule has 0 aromatic heterocycles. The fraction of sp³-hybridized carbons (Fsp3) is 0.625. The number of thioether (sulfide) groups is 1. The summed E-state index contributed by atoms with van der Waals surface area (Å²) in [5, 5.41) is 0.0922. The number of carbonyl (C=O) groups excluding carboxylic acids is 2. The quantitative estimate of drug-likeness (QED) is 0.596. The first-order chi connectivity index (χ1) is 7.06. The van der Waals surface area contributed by atoms with Gasteiger partial charge in [0.05, 0.1) is 17.8 Å². The monoisotopic (exact) mass is 294 g/mol. The summed E-state index contributed by atoms with van der Waals surface area (Å²) in [6.07, 6.45) is 0. The number of carbonyl (C=O) groups is 2. The van der Waals surface area contributed by atoms with E-state index in [9.17, 15) is 9.59 Å². The van der Waals surface area contributed by atoms with Gasteiger partial charge in [-0.1, -0.05) is 15.9 Å². The Hall–Kier alpha value is -0.400. The molecule has 0 fully saturated rings. The van der Waals surface area contributed by atoms with E-state index < -0.39 is 10.8 Å². The molecule has 1 atom stereocenters. The molecule has 0 aromatic rings. The van der Waals surface area contributed by atoms with Crippen LogP contribution < -0.4 is 5.73 Å². The fourth-order valence-corrected chi connectivity index (χ4v) is 2.65. The number of aliphatic imine (C=N–C) groups is 1. The number of nitrogens with two attached hydrogens (primary N) is 1.